The lowest BCUT2D eigenvalue weighted by atomic mass is 10.1. The molecule has 0 saturated heterocycles. The molecule has 1 aromatic heterocycles. The molecule has 0 unspecified atom stereocenters. The highest BCUT2D eigenvalue weighted by Crippen LogP contribution is 2.24. The minimum Gasteiger partial charge on any atom is -0.497 e. The summed E-state index contributed by atoms with van der Waals surface area (Å²) in [6, 6.07) is 20.3. The topological polar surface area (TPSA) is 31.4 Å². The van der Waals surface area contributed by atoms with Crippen LogP contribution in [0.5, 0.6) is 11.5 Å². The molecule has 0 aliphatic carbocycles. The lowest BCUT2D eigenvalue weighted by Crippen LogP contribution is -1.98. The van der Waals surface area contributed by atoms with Crippen LogP contribution in [0, 0.1) is 0 Å². The molecule has 24 heavy (non-hydrogen) atoms. The highest BCUT2D eigenvalue weighted by atomic mass is 16.5. The third kappa shape index (κ3) is 4.59. The monoisotopic (exact) mass is 319 g/mol. The van der Waals surface area contributed by atoms with Crippen molar-refractivity contribution in [3.8, 4) is 11.5 Å². The molecule has 0 aliphatic rings. The van der Waals surface area contributed by atoms with Gasteiger partial charge >= 0.3 is 0 Å². The first-order chi connectivity index (χ1) is 11.8. The van der Waals surface area contributed by atoms with E-state index in [2.05, 4.69) is 35.3 Å². The van der Waals surface area contributed by atoms with E-state index in [1.165, 1.54) is 11.1 Å². The Morgan fingerprint density at radius 2 is 1.54 bits per heavy atom. The zero-order chi connectivity index (χ0) is 16.6. The molecule has 2 aromatic carbocycles. The number of aromatic nitrogens is 1. The smallest absolute Gasteiger partial charge is 0.123 e. The van der Waals surface area contributed by atoms with E-state index in [0.717, 1.165) is 29.9 Å². The van der Waals surface area contributed by atoms with Gasteiger partial charge in [0.1, 0.15) is 18.1 Å². The zero-order valence-electron chi connectivity index (χ0n) is 13.8. The second kappa shape index (κ2) is 8.16. The number of nitrogens with zero attached hydrogens (tertiary/aromatic N) is 1. The van der Waals surface area contributed by atoms with E-state index >= 15 is 0 Å². The Morgan fingerprint density at radius 1 is 0.792 bits per heavy atom. The molecule has 0 bridgehead atoms. The fraction of sp³-hybridized carbons (Fsp3) is 0.190. The molecular formula is C21H21NO2. The van der Waals surface area contributed by atoms with Crippen LogP contribution in [0.2, 0.25) is 0 Å². The largest absolute Gasteiger partial charge is 0.497 e. The summed E-state index contributed by atoms with van der Waals surface area (Å²) < 4.78 is 11.3. The average molecular weight is 319 g/mol. The molecule has 0 aliphatic heterocycles. The minimum absolute atomic E-state index is 0.552. The second-order valence-corrected chi connectivity index (χ2v) is 5.65. The molecule has 0 fully saturated rings. The van der Waals surface area contributed by atoms with Crippen molar-refractivity contribution in [3.63, 3.8) is 0 Å². The van der Waals surface area contributed by atoms with Crippen LogP contribution in [0.4, 0.5) is 0 Å². The molecule has 0 saturated carbocycles. The summed E-state index contributed by atoms with van der Waals surface area (Å²) in [5.74, 6) is 1.65. The number of rotatable bonds is 7. The molecule has 122 valence electrons. The summed E-state index contributed by atoms with van der Waals surface area (Å²) in [4.78, 5) is 4.16. The lowest BCUT2D eigenvalue weighted by molar-refractivity contribution is 0.303. The highest BCUT2D eigenvalue weighted by Gasteiger charge is 2.04. The summed E-state index contributed by atoms with van der Waals surface area (Å²) in [6.45, 7) is 0.552. The van der Waals surface area contributed by atoms with E-state index in [1.807, 2.05) is 36.5 Å². The third-order valence-electron chi connectivity index (χ3n) is 3.85. The molecule has 0 atom stereocenters. The van der Waals surface area contributed by atoms with Crippen LogP contribution >= 0.6 is 0 Å². The van der Waals surface area contributed by atoms with Crippen LogP contribution in [-0.4, -0.2) is 12.1 Å². The van der Waals surface area contributed by atoms with Gasteiger partial charge in [0.2, 0.25) is 0 Å². The molecule has 1 heterocycles. The fourth-order valence-corrected chi connectivity index (χ4v) is 2.55. The maximum Gasteiger partial charge on any atom is 0.123 e. The SMILES string of the molecule is COc1cc(CCc2cccnc2)cc(OCc2ccccc2)c1. The first-order valence-electron chi connectivity index (χ1n) is 8.07. The number of methoxy groups -OCH3 is 1. The average Bonchev–Trinajstić information content (AvgIpc) is 2.66. The van der Waals surface area contributed by atoms with E-state index in [-0.39, 0.29) is 0 Å². The van der Waals surface area contributed by atoms with Gasteiger partial charge in [-0.3, -0.25) is 4.98 Å². The number of hydrogen-bond donors (Lipinski definition) is 0. The fourth-order valence-electron chi connectivity index (χ4n) is 2.55. The van der Waals surface area contributed by atoms with E-state index in [9.17, 15) is 0 Å². The van der Waals surface area contributed by atoms with Crippen LogP contribution in [0.25, 0.3) is 0 Å². The third-order valence-corrected chi connectivity index (χ3v) is 3.85. The van der Waals surface area contributed by atoms with Gasteiger partial charge in [0.05, 0.1) is 7.11 Å². The van der Waals surface area contributed by atoms with Crippen LogP contribution in [0.15, 0.2) is 73.1 Å². The quantitative estimate of drug-likeness (QED) is 0.644. The molecule has 0 spiro atoms. The Balaban J connectivity index is 1.68. The Kier molecular flexibility index (Phi) is 5.46. The predicted octanol–water partition coefficient (Wildman–Crippen LogP) is 4.45. The van der Waals surface area contributed by atoms with Crippen LogP contribution in [-0.2, 0) is 19.4 Å². The normalized spacial score (nSPS) is 10.4. The van der Waals surface area contributed by atoms with Crippen molar-refractivity contribution in [2.75, 3.05) is 7.11 Å². The molecule has 3 heteroatoms. The van der Waals surface area contributed by atoms with Gasteiger partial charge in [-0.05, 0) is 47.7 Å². The van der Waals surface area contributed by atoms with Crippen LogP contribution < -0.4 is 9.47 Å². The molecule has 0 radical (unpaired) electrons. The molecule has 3 aromatic rings. The Bertz CT molecular complexity index is 696. The van der Waals surface area contributed by atoms with Crippen molar-refractivity contribution < 1.29 is 9.47 Å². The summed E-state index contributed by atoms with van der Waals surface area (Å²) >= 11 is 0. The van der Waals surface area contributed by atoms with Gasteiger partial charge in [-0.1, -0.05) is 36.4 Å². The van der Waals surface area contributed by atoms with Gasteiger partial charge in [-0.25, -0.2) is 0 Å². The van der Waals surface area contributed by atoms with Gasteiger partial charge < -0.3 is 9.47 Å². The van der Waals surface area contributed by atoms with Crippen molar-refractivity contribution in [2.45, 2.75) is 19.4 Å². The van der Waals surface area contributed by atoms with Gasteiger partial charge in [-0.15, -0.1) is 0 Å². The Morgan fingerprint density at radius 3 is 2.29 bits per heavy atom. The van der Waals surface area contributed by atoms with Gasteiger partial charge in [0.15, 0.2) is 0 Å². The summed E-state index contributed by atoms with van der Waals surface area (Å²) in [5.41, 5.74) is 3.57. The summed E-state index contributed by atoms with van der Waals surface area (Å²) in [5, 5.41) is 0. The molecule has 0 amide bonds. The molecular weight excluding hydrogens is 298 g/mol. The summed E-state index contributed by atoms with van der Waals surface area (Å²) in [6.07, 6.45) is 5.57. The van der Waals surface area contributed by atoms with Crippen molar-refractivity contribution in [1.29, 1.82) is 0 Å². The van der Waals surface area contributed by atoms with Gasteiger partial charge in [-0.2, -0.15) is 0 Å². The minimum atomic E-state index is 0.552. The van der Waals surface area contributed by atoms with Crippen molar-refractivity contribution >= 4 is 0 Å². The van der Waals surface area contributed by atoms with Crippen molar-refractivity contribution in [2.24, 2.45) is 0 Å². The zero-order valence-corrected chi connectivity index (χ0v) is 13.8. The number of benzene rings is 2. The van der Waals surface area contributed by atoms with E-state index < -0.39 is 0 Å². The number of ether oxygens (including phenoxy) is 2. The Hall–Kier alpha value is -2.81. The van der Waals surface area contributed by atoms with Crippen molar-refractivity contribution in [3.05, 3.63) is 89.7 Å². The maximum absolute atomic E-state index is 5.93. The number of pyridine rings is 1. The molecule has 3 nitrogen and oxygen atoms in total. The van der Waals surface area contributed by atoms with Crippen molar-refractivity contribution in [1.82, 2.24) is 4.98 Å². The van der Waals surface area contributed by atoms with E-state index in [1.54, 1.807) is 13.3 Å². The highest BCUT2D eigenvalue weighted by molar-refractivity contribution is 5.39. The maximum atomic E-state index is 5.93. The Labute approximate surface area is 142 Å². The van der Waals surface area contributed by atoms with E-state index in [4.69, 9.17) is 9.47 Å². The van der Waals surface area contributed by atoms with E-state index in [0.29, 0.717) is 6.61 Å². The second-order valence-electron chi connectivity index (χ2n) is 5.65. The molecule has 0 N–H and O–H groups in total. The first kappa shape index (κ1) is 16.1. The lowest BCUT2D eigenvalue weighted by Gasteiger charge is -2.11. The first-order valence-corrected chi connectivity index (χ1v) is 8.07. The van der Waals surface area contributed by atoms with Gasteiger partial charge in [0, 0.05) is 18.5 Å². The predicted molar refractivity (Wildman–Crippen MR) is 95.4 cm³/mol. The van der Waals surface area contributed by atoms with Gasteiger partial charge in [0.25, 0.3) is 0 Å². The van der Waals surface area contributed by atoms with Crippen LogP contribution in [0.1, 0.15) is 16.7 Å². The standard InChI is InChI=1S/C21H21NO2/c1-23-20-12-19(10-9-17-8-5-11-22-15-17)13-21(14-20)24-16-18-6-3-2-4-7-18/h2-8,11-15H,9-10,16H2,1H3. The number of aryl methyl sites for hydroxylation is 2. The summed E-state index contributed by atoms with van der Waals surface area (Å²) in [7, 11) is 1.68. The molecule has 3 rings (SSSR count). The van der Waals surface area contributed by atoms with Crippen LogP contribution in [0.3, 0.4) is 0 Å². The number of hydrogen-bond acceptors (Lipinski definition) is 3.